The second-order valence-corrected chi connectivity index (χ2v) is 4.82. The van der Waals surface area contributed by atoms with Gasteiger partial charge in [-0.3, -0.25) is 4.79 Å². The van der Waals surface area contributed by atoms with Gasteiger partial charge in [-0.05, 0) is 34.6 Å². The number of ether oxygens (including phenoxy) is 1. The highest BCUT2D eigenvalue weighted by Crippen LogP contribution is 2.13. The van der Waals surface area contributed by atoms with Gasteiger partial charge in [0.25, 0.3) is 0 Å². The molecule has 0 bridgehead atoms. The summed E-state index contributed by atoms with van der Waals surface area (Å²) in [7, 11) is 0. The Balaban J connectivity index is 4.36. The number of hydrogen-bond donors (Lipinski definition) is 0. The summed E-state index contributed by atoms with van der Waals surface area (Å²) in [5.74, 6) is 0.0103. The number of carbonyl (C=O) groups excluding carboxylic acids is 1. The van der Waals surface area contributed by atoms with Crippen molar-refractivity contribution in [2.45, 2.75) is 46.3 Å². The lowest BCUT2D eigenvalue weighted by Crippen LogP contribution is -2.47. The van der Waals surface area contributed by atoms with E-state index in [1.807, 2.05) is 34.6 Å². The van der Waals surface area contributed by atoms with E-state index in [1.54, 1.807) is 11.0 Å². The second kappa shape index (κ2) is 5.91. The Kier molecular flexibility index (Phi) is 5.58. The normalized spacial score (nSPS) is 11.6. The van der Waals surface area contributed by atoms with Crippen LogP contribution < -0.4 is 0 Å². The van der Waals surface area contributed by atoms with Crippen molar-refractivity contribution < 1.29 is 9.53 Å². The van der Waals surface area contributed by atoms with E-state index in [-0.39, 0.29) is 24.2 Å². The van der Waals surface area contributed by atoms with Gasteiger partial charge in [0.15, 0.2) is 0 Å². The molecule has 0 aliphatic heterocycles. The summed E-state index contributed by atoms with van der Waals surface area (Å²) in [6.45, 7) is 14.2. The molecule has 1 amide bonds. The summed E-state index contributed by atoms with van der Waals surface area (Å²) in [6.07, 6.45) is 1.82. The molecule has 0 aromatic heterocycles. The van der Waals surface area contributed by atoms with Gasteiger partial charge < -0.3 is 9.64 Å². The molecule has 3 heteroatoms. The maximum absolute atomic E-state index is 11.8. The summed E-state index contributed by atoms with van der Waals surface area (Å²) in [6, 6.07) is 0. The highest BCUT2D eigenvalue weighted by molar-refractivity contribution is 5.78. The largest absolute Gasteiger partial charge is 0.369 e. The van der Waals surface area contributed by atoms with Crippen molar-refractivity contribution in [3.63, 3.8) is 0 Å². The van der Waals surface area contributed by atoms with Crippen LogP contribution >= 0.6 is 0 Å². The Morgan fingerprint density at radius 1 is 1.47 bits per heavy atom. The highest BCUT2D eigenvalue weighted by atomic mass is 16.5. The third kappa shape index (κ3) is 5.57. The second-order valence-electron chi connectivity index (χ2n) is 4.82. The summed E-state index contributed by atoms with van der Waals surface area (Å²) in [5.41, 5.74) is -0.189. The summed E-state index contributed by atoms with van der Waals surface area (Å²) >= 11 is 0. The topological polar surface area (TPSA) is 29.5 Å². The molecule has 15 heavy (non-hydrogen) atoms. The van der Waals surface area contributed by atoms with Crippen LogP contribution in [-0.2, 0) is 9.53 Å². The lowest BCUT2D eigenvalue weighted by atomic mass is 10.1. The Morgan fingerprint density at radius 3 is 2.33 bits per heavy atom. The summed E-state index contributed by atoms with van der Waals surface area (Å²) in [5, 5.41) is 0. The molecule has 0 spiro atoms. The molecule has 0 heterocycles. The average Bonchev–Trinajstić information content (AvgIpc) is 2.08. The fourth-order valence-electron chi connectivity index (χ4n) is 1.19. The lowest BCUT2D eigenvalue weighted by Gasteiger charge is -2.35. The van der Waals surface area contributed by atoms with Crippen LogP contribution in [0.3, 0.4) is 0 Å². The number of nitrogens with zero attached hydrogens (tertiary/aromatic N) is 1. The molecule has 0 saturated carbocycles. The van der Waals surface area contributed by atoms with Crippen LogP contribution in [-0.4, -0.2) is 35.6 Å². The minimum atomic E-state index is -0.189. The molecular formula is C12H23NO2. The fourth-order valence-corrected chi connectivity index (χ4v) is 1.19. The van der Waals surface area contributed by atoms with E-state index in [1.165, 1.54) is 0 Å². The first-order valence-corrected chi connectivity index (χ1v) is 5.32. The summed E-state index contributed by atoms with van der Waals surface area (Å²) < 4.78 is 5.30. The molecule has 88 valence electrons. The fraction of sp³-hybridized carbons (Fsp3) is 0.750. The Labute approximate surface area is 93.1 Å². The van der Waals surface area contributed by atoms with E-state index in [4.69, 9.17) is 4.74 Å². The Bertz CT molecular complexity index is 216. The summed E-state index contributed by atoms with van der Waals surface area (Å²) in [4.78, 5) is 13.6. The third-order valence-corrected chi connectivity index (χ3v) is 1.96. The number of rotatable bonds is 5. The average molecular weight is 213 g/mol. The molecule has 0 N–H and O–H groups in total. The van der Waals surface area contributed by atoms with Crippen LogP contribution in [0.1, 0.15) is 34.6 Å². The maximum Gasteiger partial charge on any atom is 0.249 e. The van der Waals surface area contributed by atoms with Crippen molar-refractivity contribution in [1.82, 2.24) is 4.90 Å². The molecular weight excluding hydrogens is 190 g/mol. The number of amides is 1. The van der Waals surface area contributed by atoms with Crippen molar-refractivity contribution in [3.8, 4) is 0 Å². The molecule has 0 atom stereocenters. The molecule has 0 radical (unpaired) electrons. The minimum Gasteiger partial charge on any atom is -0.369 e. The van der Waals surface area contributed by atoms with E-state index < -0.39 is 0 Å². The molecule has 0 fully saturated rings. The van der Waals surface area contributed by atoms with E-state index in [0.717, 1.165) is 0 Å². The number of hydrogen-bond acceptors (Lipinski definition) is 2. The smallest absolute Gasteiger partial charge is 0.249 e. The van der Waals surface area contributed by atoms with Crippen molar-refractivity contribution in [3.05, 3.63) is 12.7 Å². The zero-order chi connectivity index (χ0) is 12.1. The predicted molar refractivity (Wildman–Crippen MR) is 62.8 cm³/mol. The van der Waals surface area contributed by atoms with Crippen LogP contribution in [0.5, 0.6) is 0 Å². The van der Waals surface area contributed by atoms with Gasteiger partial charge in [-0.15, -0.1) is 6.58 Å². The molecule has 3 nitrogen and oxygen atoms in total. The first-order valence-electron chi connectivity index (χ1n) is 5.32. The zero-order valence-corrected chi connectivity index (χ0v) is 10.5. The van der Waals surface area contributed by atoms with E-state index in [0.29, 0.717) is 6.54 Å². The van der Waals surface area contributed by atoms with Crippen molar-refractivity contribution >= 4 is 5.91 Å². The van der Waals surface area contributed by atoms with Gasteiger partial charge in [0.05, 0.1) is 6.10 Å². The maximum atomic E-state index is 11.8. The minimum absolute atomic E-state index is 0.0103. The van der Waals surface area contributed by atoms with Gasteiger partial charge in [0, 0.05) is 12.1 Å². The standard InChI is InChI=1S/C12H23NO2/c1-7-8-13(12(4,5)6)11(14)9-15-10(2)3/h7,10H,1,8-9H2,2-6H3. The Morgan fingerprint density at radius 2 is 2.00 bits per heavy atom. The molecule has 0 unspecified atom stereocenters. The van der Waals surface area contributed by atoms with Crippen molar-refractivity contribution in [2.75, 3.05) is 13.2 Å². The van der Waals surface area contributed by atoms with Gasteiger partial charge in [-0.2, -0.15) is 0 Å². The van der Waals surface area contributed by atoms with Crippen molar-refractivity contribution in [1.29, 1.82) is 0 Å². The predicted octanol–water partition coefficient (Wildman–Crippen LogP) is 2.22. The third-order valence-electron chi connectivity index (χ3n) is 1.96. The van der Waals surface area contributed by atoms with Crippen molar-refractivity contribution in [2.24, 2.45) is 0 Å². The van der Waals surface area contributed by atoms with Gasteiger partial charge in [-0.25, -0.2) is 0 Å². The molecule has 0 aliphatic rings. The first-order chi connectivity index (χ1) is 6.79. The van der Waals surface area contributed by atoms with Gasteiger partial charge >= 0.3 is 0 Å². The van der Waals surface area contributed by atoms with Crippen LogP contribution in [0.15, 0.2) is 12.7 Å². The van der Waals surface area contributed by atoms with Gasteiger partial charge in [0.1, 0.15) is 6.61 Å². The van der Waals surface area contributed by atoms with E-state index in [2.05, 4.69) is 6.58 Å². The van der Waals surface area contributed by atoms with Gasteiger partial charge in [0.2, 0.25) is 5.91 Å². The molecule has 0 aromatic rings. The number of carbonyl (C=O) groups is 1. The Hall–Kier alpha value is -0.830. The molecule has 0 aromatic carbocycles. The lowest BCUT2D eigenvalue weighted by molar-refractivity contribution is -0.141. The molecule has 0 rings (SSSR count). The molecule has 0 saturated heterocycles. The highest BCUT2D eigenvalue weighted by Gasteiger charge is 2.25. The van der Waals surface area contributed by atoms with Gasteiger partial charge in [-0.1, -0.05) is 6.08 Å². The quantitative estimate of drug-likeness (QED) is 0.655. The van der Waals surface area contributed by atoms with Crippen LogP contribution in [0.2, 0.25) is 0 Å². The van der Waals surface area contributed by atoms with Crippen LogP contribution in [0, 0.1) is 0 Å². The van der Waals surface area contributed by atoms with E-state index >= 15 is 0 Å². The van der Waals surface area contributed by atoms with Crippen LogP contribution in [0.4, 0.5) is 0 Å². The van der Waals surface area contributed by atoms with E-state index in [9.17, 15) is 4.79 Å². The monoisotopic (exact) mass is 213 g/mol. The molecule has 0 aliphatic carbocycles. The SMILES string of the molecule is C=CCN(C(=O)COC(C)C)C(C)(C)C. The van der Waals surface area contributed by atoms with Crippen LogP contribution in [0.25, 0.3) is 0 Å². The zero-order valence-electron chi connectivity index (χ0n) is 10.5. The first kappa shape index (κ1) is 14.2.